The lowest BCUT2D eigenvalue weighted by Crippen LogP contribution is -2.61. The maximum absolute atomic E-state index is 5.75. The molecule has 4 heteroatoms. The van der Waals surface area contributed by atoms with Crippen LogP contribution >= 0.6 is 0 Å². The van der Waals surface area contributed by atoms with Gasteiger partial charge in [-0.15, -0.1) is 0 Å². The molecule has 1 aromatic rings. The van der Waals surface area contributed by atoms with Crippen molar-refractivity contribution < 1.29 is 14.2 Å². The van der Waals surface area contributed by atoms with Gasteiger partial charge >= 0.3 is 0 Å². The number of hydrogen-bond acceptors (Lipinski definition) is 4. The van der Waals surface area contributed by atoms with Gasteiger partial charge < -0.3 is 19.5 Å². The predicted octanol–water partition coefficient (Wildman–Crippen LogP) is 2.48. The fraction of sp³-hybridized carbons (Fsp3) is 0.625. The van der Waals surface area contributed by atoms with Crippen molar-refractivity contribution in [1.29, 1.82) is 0 Å². The number of benzene rings is 1. The Hall–Kier alpha value is -1.26. The molecule has 0 spiro atoms. The van der Waals surface area contributed by atoms with E-state index in [-0.39, 0.29) is 5.41 Å². The molecular formula is C16H25NO3. The zero-order valence-corrected chi connectivity index (χ0v) is 12.8. The smallest absolute Gasteiger partial charge is 0.161 e. The summed E-state index contributed by atoms with van der Waals surface area (Å²) in [4.78, 5) is 0. The first-order valence-corrected chi connectivity index (χ1v) is 7.11. The first kappa shape index (κ1) is 15.1. The van der Waals surface area contributed by atoms with Crippen LogP contribution in [0, 0.1) is 5.41 Å². The van der Waals surface area contributed by atoms with Gasteiger partial charge in [-0.3, -0.25) is 0 Å². The fourth-order valence-corrected chi connectivity index (χ4v) is 2.76. The van der Waals surface area contributed by atoms with Gasteiger partial charge in [0.1, 0.15) is 6.61 Å². The Kier molecular flexibility index (Phi) is 4.89. The summed E-state index contributed by atoms with van der Waals surface area (Å²) < 4.78 is 16.5. The van der Waals surface area contributed by atoms with Crippen molar-refractivity contribution in [1.82, 2.24) is 5.32 Å². The summed E-state index contributed by atoms with van der Waals surface area (Å²) in [6, 6.07) is 8.21. The molecule has 0 radical (unpaired) electrons. The fourth-order valence-electron chi connectivity index (χ4n) is 2.76. The third-order valence-electron chi connectivity index (χ3n) is 4.28. The van der Waals surface area contributed by atoms with Crippen molar-refractivity contribution in [3.8, 4) is 11.5 Å². The number of rotatable bonds is 7. The molecule has 0 aliphatic heterocycles. The van der Waals surface area contributed by atoms with E-state index in [9.17, 15) is 0 Å². The highest BCUT2D eigenvalue weighted by molar-refractivity contribution is 5.39. The van der Waals surface area contributed by atoms with E-state index in [1.807, 2.05) is 24.3 Å². The molecule has 0 heterocycles. The summed E-state index contributed by atoms with van der Waals surface area (Å²) in [5, 5.41) is 3.54. The molecule has 20 heavy (non-hydrogen) atoms. The minimum atomic E-state index is 0.194. The van der Waals surface area contributed by atoms with Crippen molar-refractivity contribution >= 4 is 0 Å². The van der Waals surface area contributed by atoms with E-state index < -0.39 is 0 Å². The van der Waals surface area contributed by atoms with E-state index in [0.29, 0.717) is 18.8 Å². The van der Waals surface area contributed by atoms with Crippen LogP contribution < -0.4 is 14.8 Å². The Bertz CT molecular complexity index is 433. The Morgan fingerprint density at radius 1 is 1.20 bits per heavy atom. The lowest BCUT2D eigenvalue weighted by molar-refractivity contribution is -0.0976. The summed E-state index contributed by atoms with van der Waals surface area (Å²) in [5.41, 5.74) is 0.194. The highest BCUT2D eigenvalue weighted by Gasteiger charge is 2.48. The van der Waals surface area contributed by atoms with Crippen molar-refractivity contribution in [2.24, 2.45) is 5.41 Å². The second-order valence-corrected chi connectivity index (χ2v) is 5.79. The molecule has 2 rings (SSSR count). The van der Waals surface area contributed by atoms with Crippen LogP contribution in [0.25, 0.3) is 0 Å². The minimum Gasteiger partial charge on any atom is -0.493 e. The maximum Gasteiger partial charge on any atom is 0.161 e. The lowest BCUT2D eigenvalue weighted by Gasteiger charge is -2.51. The molecule has 112 valence electrons. The number of ether oxygens (including phenoxy) is 3. The molecule has 4 nitrogen and oxygen atoms in total. The average molecular weight is 279 g/mol. The van der Waals surface area contributed by atoms with Gasteiger partial charge in [-0.1, -0.05) is 26.0 Å². The highest BCUT2D eigenvalue weighted by atomic mass is 16.5. The van der Waals surface area contributed by atoms with Crippen molar-refractivity contribution in [2.75, 3.05) is 27.4 Å². The standard InChI is InChI=1S/C16H25NO3/c1-16(2)14(11-15(16)19-4)17-9-10-20-13-8-6-5-7-12(13)18-3/h5-8,14-15,17H,9-11H2,1-4H3. The van der Waals surface area contributed by atoms with E-state index in [0.717, 1.165) is 24.5 Å². The van der Waals surface area contributed by atoms with Gasteiger partial charge in [0.2, 0.25) is 0 Å². The predicted molar refractivity (Wildman–Crippen MR) is 79.5 cm³/mol. The summed E-state index contributed by atoms with van der Waals surface area (Å²) in [6.45, 7) is 5.93. The van der Waals surface area contributed by atoms with Crippen LogP contribution in [0.2, 0.25) is 0 Å². The molecule has 0 saturated heterocycles. The molecule has 1 aromatic carbocycles. The molecule has 1 fully saturated rings. The molecule has 0 aromatic heterocycles. The largest absolute Gasteiger partial charge is 0.493 e. The Labute approximate surface area is 121 Å². The second kappa shape index (κ2) is 6.46. The van der Waals surface area contributed by atoms with Crippen molar-refractivity contribution in [3.63, 3.8) is 0 Å². The quantitative estimate of drug-likeness (QED) is 0.778. The minimum absolute atomic E-state index is 0.194. The normalized spacial score (nSPS) is 24.0. The zero-order chi connectivity index (χ0) is 14.6. The Balaban J connectivity index is 1.72. The van der Waals surface area contributed by atoms with E-state index in [1.54, 1.807) is 14.2 Å². The van der Waals surface area contributed by atoms with Crippen molar-refractivity contribution in [3.05, 3.63) is 24.3 Å². The third-order valence-corrected chi connectivity index (χ3v) is 4.28. The van der Waals surface area contributed by atoms with Gasteiger partial charge in [0.25, 0.3) is 0 Å². The molecule has 2 atom stereocenters. The summed E-state index contributed by atoms with van der Waals surface area (Å²) in [7, 11) is 3.44. The SMILES string of the molecule is COc1ccccc1OCCNC1CC(OC)C1(C)C. The van der Waals surface area contributed by atoms with Crippen molar-refractivity contribution in [2.45, 2.75) is 32.4 Å². The molecule has 2 unspecified atom stereocenters. The topological polar surface area (TPSA) is 39.7 Å². The molecule has 1 aliphatic rings. The van der Waals surface area contributed by atoms with Crippen LogP contribution in [0.5, 0.6) is 11.5 Å². The highest BCUT2D eigenvalue weighted by Crippen LogP contribution is 2.42. The summed E-state index contributed by atoms with van der Waals surface area (Å²) in [6.07, 6.45) is 1.42. The molecule has 0 bridgehead atoms. The Morgan fingerprint density at radius 2 is 1.90 bits per heavy atom. The molecular weight excluding hydrogens is 254 g/mol. The average Bonchev–Trinajstić information content (AvgIpc) is 2.46. The van der Waals surface area contributed by atoms with Gasteiger partial charge in [0.15, 0.2) is 11.5 Å². The molecule has 1 aliphatic carbocycles. The van der Waals surface area contributed by atoms with Gasteiger partial charge in [0.05, 0.1) is 13.2 Å². The van der Waals surface area contributed by atoms with Gasteiger partial charge in [-0.05, 0) is 18.6 Å². The van der Waals surface area contributed by atoms with Crippen LogP contribution in [0.4, 0.5) is 0 Å². The third kappa shape index (κ3) is 3.07. The second-order valence-electron chi connectivity index (χ2n) is 5.79. The lowest BCUT2D eigenvalue weighted by atomic mass is 9.64. The maximum atomic E-state index is 5.75. The summed E-state index contributed by atoms with van der Waals surface area (Å²) in [5.74, 6) is 1.57. The van der Waals surface area contributed by atoms with Gasteiger partial charge in [-0.2, -0.15) is 0 Å². The van der Waals surface area contributed by atoms with Crippen LogP contribution in [0.3, 0.4) is 0 Å². The van der Waals surface area contributed by atoms with E-state index in [2.05, 4.69) is 19.2 Å². The van der Waals surface area contributed by atoms with E-state index in [4.69, 9.17) is 14.2 Å². The first-order valence-electron chi connectivity index (χ1n) is 7.11. The Morgan fingerprint density at radius 3 is 2.50 bits per heavy atom. The first-order chi connectivity index (χ1) is 9.59. The molecule has 1 N–H and O–H groups in total. The van der Waals surface area contributed by atoms with Crippen LogP contribution in [-0.4, -0.2) is 39.5 Å². The monoisotopic (exact) mass is 279 g/mol. The zero-order valence-electron chi connectivity index (χ0n) is 12.8. The molecule has 1 saturated carbocycles. The van der Waals surface area contributed by atoms with Gasteiger partial charge in [-0.25, -0.2) is 0 Å². The van der Waals surface area contributed by atoms with Gasteiger partial charge in [0, 0.05) is 25.1 Å². The summed E-state index contributed by atoms with van der Waals surface area (Å²) >= 11 is 0. The van der Waals surface area contributed by atoms with Crippen LogP contribution in [0.15, 0.2) is 24.3 Å². The number of para-hydroxylation sites is 2. The number of hydrogen-bond donors (Lipinski definition) is 1. The van der Waals surface area contributed by atoms with E-state index >= 15 is 0 Å². The van der Waals surface area contributed by atoms with E-state index in [1.165, 1.54) is 0 Å². The van der Waals surface area contributed by atoms with Crippen LogP contribution in [-0.2, 0) is 4.74 Å². The number of methoxy groups -OCH3 is 2. The number of nitrogens with one attached hydrogen (secondary N) is 1. The van der Waals surface area contributed by atoms with Crippen LogP contribution in [0.1, 0.15) is 20.3 Å². The molecule has 0 amide bonds.